The van der Waals surface area contributed by atoms with Gasteiger partial charge in [-0.05, 0) is 26.2 Å². The molecule has 2 heterocycles. The van der Waals surface area contributed by atoms with Gasteiger partial charge in [0.15, 0.2) is 5.82 Å². The van der Waals surface area contributed by atoms with Gasteiger partial charge in [-0.3, -0.25) is 0 Å². The maximum absolute atomic E-state index is 6.03. The Morgan fingerprint density at radius 1 is 1.14 bits per heavy atom. The number of para-hydroxylation sites is 1. The molecule has 0 amide bonds. The third-order valence-electron chi connectivity index (χ3n) is 3.15. The summed E-state index contributed by atoms with van der Waals surface area (Å²) in [5.41, 5.74) is 7.58. The van der Waals surface area contributed by atoms with Gasteiger partial charge < -0.3 is 15.2 Å². The summed E-state index contributed by atoms with van der Waals surface area (Å²) in [4.78, 5) is 10.9. The monoisotopic (exact) mass is 283 g/mol. The van der Waals surface area contributed by atoms with Gasteiger partial charge in [0, 0.05) is 11.9 Å². The van der Waals surface area contributed by atoms with Crippen LogP contribution in [-0.2, 0) is 0 Å². The van der Waals surface area contributed by atoms with E-state index in [9.17, 15) is 0 Å². The van der Waals surface area contributed by atoms with E-state index < -0.39 is 0 Å². The number of pyridine rings is 1. The number of aromatic nitrogens is 3. The standard InChI is InChI=1S/C15H17N5O/c1-20(2)9-11(16)14-18-15(21-19-14)13-8-7-10-5-3-4-6-12(10)17-13/h3-8,11H,9,16H2,1-2H3. The first-order chi connectivity index (χ1) is 10.1. The molecular weight excluding hydrogens is 266 g/mol. The Kier molecular flexibility index (Phi) is 3.64. The molecular formula is C15H17N5O. The minimum absolute atomic E-state index is 0.280. The van der Waals surface area contributed by atoms with Crippen LogP contribution in [0.4, 0.5) is 0 Å². The van der Waals surface area contributed by atoms with Gasteiger partial charge in [-0.25, -0.2) is 4.98 Å². The first-order valence-electron chi connectivity index (χ1n) is 6.73. The van der Waals surface area contributed by atoms with Gasteiger partial charge in [-0.15, -0.1) is 0 Å². The SMILES string of the molecule is CN(C)CC(N)c1noc(-c2ccc3ccccc3n2)n1. The van der Waals surface area contributed by atoms with E-state index >= 15 is 0 Å². The normalized spacial score (nSPS) is 13.0. The van der Waals surface area contributed by atoms with E-state index in [2.05, 4.69) is 15.1 Å². The minimum Gasteiger partial charge on any atom is -0.332 e. The quantitative estimate of drug-likeness (QED) is 0.787. The molecule has 0 bridgehead atoms. The molecule has 1 atom stereocenters. The highest BCUT2D eigenvalue weighted by molar-refractivity contribution is 5.80. The average Bonchev–Trinajstić information content (AvgIpc) is 2.96. The van der Waals surface area contributed by atoms with Crippen molar-refractivity contribution < 1.29 is 4.52 Å². The second kappa shape index (κ2) is 5.59. The first-order valence-corrected chi connectivity index (χ1v) is 6.73. The zero-order valence-corrected chi connectivity index (χ0v) is 12.0. The van der Waals surface area contributed by atoms with E-state index in [1.807, 2.05) is 55.4 Å². The fourth-order valence-corrected chi connectivity index (χ4v) is 2.15. The molecule has 6 nitrogen and oxygen atoms in total. The van der Waals surface area contributed by atoms with Gasteiger partial charge in [0.25, 0.3) is 5.89 Å². The molecule has 3 rings (SSSR count). The number of nitrogens with zero attached hydrogens (tertiary/aromatic N) is 4. The molecule has 0 radical (unpaired) electrons. The summed E-state index contributed by atoms with van der Waals surface area (Å²) in [6, 6.07) is 11.5. The highest BCUT2D eigenvalue weighted by Gasteiger charge is 2.16. The van der Waals surface area contributed by atoms with Crippen molar-refractivity contribution >= 4 is 10.9 Å². The Balaban J connectivity index is 1.90. The number of hydrogen-bond acceptors (Lipinski definition) is 6. The van der Waals surface area contributed by atoms with Gasteiger partial charge in [0.05, 0.1) is 11.6 Å². The summed E-state index contributed by atoms with van der Waals surface area (Å²) in [6.45, 7) is 0.657. The van der Waals surface area contributed by atoms with Gasteiger partial charge in [-0.2, -0.15) is 4.98 Å². The van der Waals surface area contributed by atoms with Crippen LogP contribution in [-0.4, -0.2) is 40.7 Å². The van der Waals surface area contributed by atoms with Crippen LogP contribution in [0.1, 0.15) is 11.9 Å². The van der Waals surface area contributed by atoms with E-state index in [1.54, 1.807) is 0 Å². The van der Waals surface area contributed by atoms with Crippen LogP contribution in [0.25, 0.3) is 22.5 Å². The van der Waals surface area contributed by atoms with Gasteiger partial charge in [0.2, 0.25) is 0 Å². The van der Waals surface area contributed by atoms with Crippen molar-refractivity contribution in [3.8, 4) is 11.6 Å². The number of hydrogen-bond donors (Lipinski definition) is 1. The number of benzene rings is 1. The highest BCUT2D eigenvalue weighted by Crippen LogP contribution is 2.20. The van der Waals surface area contributed by atoms with Gasteiger partial charge >= 0.3 is 0 Å². The Hall–Kier alpha value is -2.31. The van der Waals surface area contributed by atoms with Crippen LogP contribution in [0.5, 0.6) is 0 Å². The summed E-state index contributed by atoms with van der Waals surface area (Å²) >= 11 is 0. The lowest BCUT2D eigenvalue weighted by molar-refractivity contribution is 0.357. The maximum atomic E-state index is 6.03. The van der Waals surface area contributed by atoms with Crippen molar-refractivity contribution in [3.63, 3.8) is 0 Å². The first kappa shape index (κ1) is 13.7. The number of nitrogens with two attached hydrogens (primary N) is 1. The number of rotatable bonds is 4. The molecule has 3 aromatic rings. The summed E-state index contributed by atoms with van der Waals surface area (Å²) in [5.74, 6) is 0.888. The molecule has 2 aromatic heterocycles. The molecule has 0 spiro atoms. The van der Waals surface area contributed by atoms with Gasteiger partial charge in [-0.1, -0.05) is 29.4 Å². The second-order valence-electron chi connectivity index (χ2n) is 5.22. The Labute approximate surface area is 122 Å². The molecule has 2 N–H and O–H groups in total. The Morgan fingerprint density at radius 3 is 2.76 bits per heavy atom. The fourth-order valence-electron chi connectivity index (χ4n) is 2.15. The van der Waals surface area contributed by atoms with Crippen molar-refractivity contribution in [1.82, 2.24) is 20.0 Å². The third kappa shape index (κ3) is 2.91. The lowest BCUT2D eigenvalue weighted by Gasteiger charge is -2.12. The third-order valence-corrected chi connectivity index (χ3v) is 3.15. The van der Waals surface area contributed by atoms with E-state index in [1.165, 1.54) is 0 Å². The van der Waals surface area contributed by atoms with E-state index in [4.69, 9.17) is 10.3 Å². The Morgan fingerprint density at radius 2 is 1.95 bits per heavy atom. The maximum Gasteiger partial charge on any atom is 0.276 e. The number of likely N-dealkylation sites (N-methyl/N-ethyl adjacent to an activating group) is 1. The van der Waals surface area contributed by atoms with Crippen molar-refractivity contribution in [2.75, 3.05) is 20.6 Å². The summed E-state index contributed by atoms with van der Waals surface area (Å²) in [5, 5.41) is 5.02. The minimum atomic E-state index is -0.280. The molecule has 21 heavy (non-hydrogen) atoms. The predicted molar refractivity (Wildman–Crippen MR) is 80.5 cm³/mol. The van der Waals surface area contributed by atoms with Gasteiger partial charge in [0.1, 0.15) is 5.69 Å². The summed E-state index contributed by atoms with van der Waals surface area (Å²) in [6.07, 6.45) is 0. The highest BCUT2D eigenvalue weighted by atomic mass is 16.5. The lowest BCUT2D eigenvalue weighted by Crippen LogP contribution is -2.26. The van der Waals surface area contributed by atoms with Crippen molar-refractivity contribution in [2.24, 2.45) is 5.73 Å². The van der Waals surface area contributed by atoms with Crippen molar-refractivity contribution in [3.05, 3.63) is 42.2 Å². The molecule has 0 aliphatic heterocycles. The molecule has 0 aliphatic carbocycles. The van der Waals surface area contributed by atoms with Crippen LogP contribution >= 0.6 is 0 Å². The molecule has 108 valence electrons. The molecule has 0 saturated carbocycles. The molecule has 0 aliphatic rings. The van der Waals surface area contributed by atoms with Crippen LogP contribution in [0.15, 0.2) is 40.9 Å². The second-order valence-corrected chi connectivity index (χ2v) is 5.22. The van der Waals surface area contributed by atoms with Crippen LogP contribution in [0.2, 0.25) is 0 Å². The molecule has 0 saturated heterocycles. The predicted octanol–water partition coefficient (Wildman–Crippen LogP) is 1.85. The lowest BCUT2D eigenvalue weighted by atomic mass is 10.2. The van der Waals surface area contributed by atoms with Crippen molar-refractivity contribution in [1.29, 1.82) is 0 Å². The average molecular weight is 283 g/mol. The van der Waals surface area contributed by atoms with E-state index in [-0.39, 0.29) is 6.04 Å². The van der Waals surface area contributed by atoms with E-state index in [0.29, 0.717) is 24.0 Å². The fraction of sp³-hybridized carbons (Fsp3) is 0.267. The molecule has 1 aromatic carbocycles. The zero-order valence-electron chi connectivity index (χ0n) is 12.0. The zero-order chi connectivity index (χ0) is 14.8. The van der Waals surface area contributed by atoms with E-state index in [0.717, 1.165) is 10.9 Å². The van der Waals surface area contributed by atoms with Crippen LogP contribution in [0, 0.1) is 0 Å². The Bertz CT molecular complexity index is 752. The smallest absolute Gasteiger partial charge is 0.276 e. The summed E-state index contributed by atoms with van der Waals surface area (Å²) < 4.78 is 5.28. The van der Waals surface area contributed by atoms with Crippen molar-refractivity contribution in [2.45, 2.75) is 6.04 Å². The molecule has 1 unspecified atom stereocenters. The topological polar surface area (TPSA) is 81.1 Å². The summed E-state index contributed by atoms with van der Waals surface area (Å²) in [7, 11) is 3.90. The van der Waals surface area contributed by atoms with Crippen LogP contribution < -0.4 is 5.73 Å². The van der Waals surface area contributed by atoms with Crippen LogP contribution in [0.3, 0.4) is 0 Å². The molecule has 0 fully saturated rings. The molecule has 6 heteroatoms. The number of fused-ring (bicyclic) bond motifs is 1. The largest absolute Gasteiger partial charge is 0.332 e.